The molecule has 1 aliphatic carbocycles. The van der Waals surface area contributed by atoms with Crippen LogP contribution in [0.3, 0.4) is 0 Å². The molecular weight excluding hydrogens is 421 g/mol. The third-order valence-electron chi connectivity index (χ3n) is 5.21. The van der Waals surface area contributed by atoms with Crippen molar-refractivity contribution in [2.45, 2.75) is 37.0 Å². The number of benzene rings is 2. The predicted octanol–water partition coefficient (Wildman–Crippen LogP) is 4.77. The number of anilines is 1. The number of nitro benzene ring substituents is 1. The first kappa shape index (κ1) is 22.7. The number of thioether (sulfide) groups is 1. The first-order valence-electron chi connectivity index (χ1n) is 10.2. The lowest BCUT2D eigenvalue weighted by atomic mass is 9.89. The number of hydrogen-bond acceptors (Lipinski definition) is 5. The van der Waals surface area contributed by atoms with Gasteiger partial charge in [0.2, 0.25) is 5.91 Å². The van der Waals surface area contributed by atoms with Crippen LogP contribution in [-0.2, 0) is 4.79 Å². The first-order chi connectivity index (χ1) is 14.9. The van der Waals surface area contributed by atoms with Gasteiger partial charge in [-0.25, -0.2) is 4.39 Å². The molecule has 0 radical (unpaired) electrons. The molecule has 1 fully saturated rings. The maximum Gasteiger partial charge on any atom is 0.271 e. The van der Waals surface area contributed by atoms with Crippen molar-refractivity contribution in [1.29, 1.82) is 0 Å². The molecule has 1 aliphatic rings. The monoisotopic (exact) mass is 445 g/mol. The Morgan fingerprint density at radius 3 is 2.61 bits per heavy atom. The smallest absolute Gasteiger partial charge is 0.271 e. The van der Waals surface area contributed by atoms with Crippen LogP contribution in [0.4, 0.5) is 15.8 Å². The van der Waals surface area contributed by atoms with Crippen LogP contribution < -0.4 is 10.6 Å². The SMILES string of the molecule is O=C(CSc1ccccc1C(=O)Nc1cc([N+](=O)[O-])ccc1F)NCC1CCCCC1. The molecule has 2 aromatic rings. The Labute approximate surface area is 183 Å². The predicted molar refractivity (Wildman–Crippen MR) is 118 cm³/mol. The molecule has 0 aliphatic heterocycles. The molecule has 1 saturated carbocycles. The normalized spacial score (nSPS) is 14.1. The second-order valence-corrected chi connectivity index (χ2v) is 8.49. The molecule has 3 rings (SSSR count). The van der Waals surface area contributed by atoms with Crippen molar-refractivity contribution in [2.75, 3.05) is 17.6 Å². The van der Waals surface area contributed by atoms with Gasteiger partial charge in [-0.15, -0.1) is 11.8 Å². The van der Waals surface area contributed by atoms with Crippen molar-refractivity contribution in [1.82, 2.24) is 5.32 Å². The van der Waals surface area contributed by atoms with Crippen molar-refractivity contribution < 1.29 is 18.9 Å². The van der Waals surface area contributed by atoms with Gasteiger partial charge in [0, 0.05) is 23.6 Å². The first-order valence-corrected chi connectivity index (χ1v) is 11.2. The topological polar surface area (TPSA) is 101 Å². The van der Waals surface area contributed by atoms with E-state index in [1.165, 1.54) is 31.0 Å². The number of nitro groups is 1. The third kappa shape index (κ3) is 6.52. The summed E-state index contributed by atoms with van der Waals surface area (Å²) < 4.78 is 14.0. The highest BCUT2D eigenvalue weighted by Crippen LogP contribution is 2.26. The minimum Gasteiger partial charge on any atom is -0.355 e. The minimum absolute atomic E-state index is 0.101. The van der Waals surface area contributed by atoms with Gasteiger partial charge in [0.05, 0.1) is 21.9 Å². The highest BCUT2D eigenvalue weighted by atomic mass is 32.2. The Morgan fingerprint density at radius 2 is 1.87 bits per heavy atom. The minimum atomic E-state index is -0.772. The molecule has 31 heavy (non-hydrogen) atoms. The number of nitrogens with one attached hydrogen (secondary N) is 2. The van der Waals surface area contributed by atoms with Gasteiger partial charge in [-0.3, -0.25) is 19.7 Å². The Bertz CT molecular complexity index is 964. The second-order valence-electron chi connectivity index (χ2n) is 7.47. The van der Waals surface area contributed by atoms with Crippen LogP contribution in [0.25, 0.3) is 0 Å². The van der Waals surface area contributed by atoms with E-state index in [2.05, 4.69) is 10.6 Å². The van der Waals surface area contributed by atoms with Gasteiger partial charge < -0.3 is 10.6 Å². The largest absolute Gasteiger partial charge is 0.355 e. The Morgan fingerprint density at radius 1 is 1.13 bits per heavy atom. The molecule has 0 unspecified atom stereocenters. The van der Waals surface area contributed by atoms with E-state index in [0.717, 1.165) is 31.0 Å². The molecule has 0 aromatic heterocycles. The van der Waals surface area contributed by atoms with Crippen LogP contribution in [-0.4, -0.2) is 29.0 Å². The zero-order valence-corrected chi connectivity index (χ0v) is 17.8. The van der Waals surface area contributed by atoms with Crippen LogP contribution in [0, 0.1) is 21.8 Å². The molecule has 164 valence electrons. The number of amides is 2. The summed E-state index contributed by atoms with van der Waals surface area (Å²) in [6, 6.07) is 9.61. The lowest BCUT2D eigenvalue weighted by Crippen LogP contribution is -2.31. The van der Waals surface area contributed by atoms with Crippen LogP contribution in [0.1, 0.15) is 42.5 Å². The van der Waals surface area contributed by atoms with Crippen molar-refractivity contribution in [3.63, 3.8) is 0 Å². The van der Waals surface area contributed by atoms with Gasteiger partial charge in [-0.1, -0.05) is 31.4 Å². The molecule has 0 bridgehead atoms. The molecule has 9 heteroatoms. The third-order valence-corrected chi connectivity index (χ3v) is 6.29. The maximum absolute atomic E-state index is 14.0. The highest BCUT2D eigenvalue weighted by Gasteiger charge is 2.18. The van der Waals surface area contributed by atoms with Crippen LogP contribution in [0.2, 0.25) is 0 Å². The second kappa shape index (κ2) is 10.9. The van der Waals surface area contributed by atoms with Gasteiger partial charge in [-0.05, 0) is 37.0 Å². The van der Waals surface area contributed by atoms with Gasteiger partial charge >= 0.3 is 0 Å². The Balaban J connectivity index is 1.60. The fourth-order valence-corrected chi connectivity index (χ4v) is 4.42. The zero-order chi connectivity index (χ0) is 22.2. The molecular formula is C22H24FN3O4S. The molecule has 0 atom stereocenters. The number of non-ortho nitro benzene ring substituents is 1. The molecule has 2 amide bonds. The van der Waals surface area contributed by atoms with Gasteiger partial charge in [0.15, 0.2) is 0 Å². The van der Waals surface area contributed by atoms with E-state index in [-0.39, 0.29) is 28.6 Å². The lowest BCUT2D eigenvalue weighted by Gasteiger charge is -2.21. The van der Waals surface area contributed by atoms with Crippen LogP contribution in [0.15, 0.2) is 47.4 Å². The molecule has 0 heterocycles. The summed E-state index contributed by atoms with van der Waals surface area (Å²) in [5, 5.41) is 16.3. The quantitative estimate of drug-likeness (QED) is 0.346. The van der Waals surface area contributed by atoms with Crippen LogP contribution in [0.5, 0.6) is 0 Å². The standard InChI is InChI=1S/C22H24FN3O4S/c23-18-11-10-16(26(29)30)12-19(18)25-22(28)17-8-4-5-9-20(17)31-14-21(27)24-13-15-6-2-1-3-7-15/h4-5,8-12,15H,1-3,6-7,13-14H2,(H,24,27)(H,25,28). The fraction of sp³-hybridized carbons (Fsp3) is 0.364. The number of hydrogen-bond donors (Lipinski definition) is 2. The van der Waals surface area contributed by atoms with Gasteiger partial charge in [0.1, 0.15) is 5.82 Å². The summed E-state index contributed by atoms with van der Waals surface area (Å²) in [6.07, 6.45) is 5.97. The number of nitrogens with zero attached hydrogens (tertiary/aromatic N) is 1. The van der Waals surface area contributed by atoms with E-state index < -0.39 is 16.6 Å². The van der Waals surface area contributed by atoms with Crippen molar-refractivity contribution in [2.24, 2.45) is 5.92 Å². The van der Waals surface area contributed by atoms with E-state index in [1.54, 1.807) is 24.3 Å². The molecule has 0 saturated heterocycles. The van der Waals surface area contributed by atoms with Crippen molar-refractivity contribution >= 4 is 35.0 Å². The Hall–Kier alpha value is -2.94. The number of rotatable bonds is 8. The van der Waals surface area contributed by atoms with E-state index in [9.17, 15) is 24.1 Å². The lowest BCUT2D eigenvalue weighted by molar-refractivity contribution is -0.384. The summed E-state index contributed by atoms with van der Waals surface area (Å²) in [6.45, 7) is 0.674. The highest BCUT2D eigenvalue weighted by molar-refractivity contribution is 8.00. The molecule has 7 nitrogen and oxygen atoms in total. The number of halogens is 1. The summed E-state index contributed by atoms with van der Waals surface area (Å²) in [7, 11) is 0. The number of carbonyl (C=O) groups excluding carboxylic acids is 2. The number of carbonyl (C=O) groups is 2. The van der Waals surface area contributed by atoms with E-state index in [0.29, 0.717) is 17.4 Å². The molecule has 2 aromatic carbocycles. The summed E-state index contributed by atoms with van der Waals surface area (Å²) in [5.74, 6) is -0.792. The average Bonchev–Trinajstić information content (AvgIpc) is 2.78. The maximum atomic E-state index is 14.0. The van der Waals surface area contributed by atoms with Crippen LogP contribution >= 0.6 is 11.8 Å². The van der Waals surface area contributed by atoms with Gasteiger partial charge in [0.25, 0.3) is 11.6 Å². The molecule has 0 spiro atoms. The van der Waals surface area contributed by atoms with Crippen molar-refractivity contribution in [3.8, 4) is 0 Å². The summed E-state index contributed by atoms with van der Waals surface area (Å²) in [5.41, 5.74) is -0.336. The van der Waals surface area contributed by atoms with E-state index in [4.69, 9.17) is 0 Å². The summed E-state index contributed by atoms with van der Waals surface area (Å²) >= 11 is 1.22. The van der Waals surface area contributed by atoms with E-state index >= 15 is 0 Å². The summed E-state index contributed by atoms with van der Waals surface area (Å²) in [4.78, 5) is 35.7. The average molecular weight is 446 g/mol. The zero-order valence-electron chi connectivity index (χ0n) is 16.9. The molecule has 2 N–H and O–H groups in total. The van der Waals surface area contributed by atoms with E-state index in [1.807, 2.05) is 0 Å². The van der Waals surface area contributed by atoms with Gasteiger partial charge in [-0.2, -0.15) is 0 Å². The Kier molecular flexibility index (Phi) is 8.00. The fourth-order valence-electron chi connectivity index (χ4n) is 3.54. The van der Waals surface area contributed by atoms with Crippen molar-refractivity contribution in [3.05, 3.63) is 64.0 Å².